The standard InChI is InChI=1S/C14H15NO3S/c1-3-18-10-6-4-5-9(7-10)12-8-11(15)13(19-12)14(16)17-2/h4-8H,3,15H2,1-2H3. The summed E-state index contributed by atoms with van der Waals surface area (Å²) in [6.45, 7) is 2.55. The largest absolute Gasteiger partial charge is 0.494 e. The number of nitrogen functional groups attached to an aromatic ring is 1. The number of thiophene rings is 1. The number of esters is 1. The molecule has 1 aromatic heterocycles. The monoisotopic (exact) mass is 277 g/mol. The van der Waals surface area contributed by atoms with Gasteiger partial charge < -0.3 is 15.2 Å². The minimum absolute atomic E-state index is 0.408. The molecule has 0 saturated carbocycles. The highest BCUT2D eigenvalue weighted by Crippen LogP contribution is 2.34. The second kappa shape index (κ2) is 5.75. The third-order valence-electron chi connectivity index (χ3n) is 2.56. The molecule has 0 aliphatic heterocycles. The lowest BCUT2D eigenvalue weighted by Crippen LogP contribution is -2.00. The fraction of sp³-hybridized carbons (Fsp3) is 0.214. The van der Waals surface area contributed by atoms with Gasteiger partial charge in [0.05, 0.1) is 19.4 Å². The maximum Gasteiger partial charge on any atom is 0.350 e. The second-order valence-corrected chi connectivity index (χ2v) is 4.90. The first kappa shape index (κ1) is 13.4. The van der Waals surface area contributed by atoms with Gasteiger partial charge in [-0.05, 0) is 30.7 Å². The number of anilines is 1. The van der Waals surface area contributed by atoms with Crippen LogP contribution in [0, 0.1) is 0 Å². The fourth-order valence-electron chi connectivity index (χ4n) is 1.71. The van der Waals surface area contributed by atoms with Crippen LogP contribution in [0.5, 0.6) is 5.75 Å². The van der Waals surface area contributed by atoms with Crippen LogP contribution in [0.1, 0.15) is 16.6 Å². The number of carbonyl (C=O) groups is 1. The van der Waals surface area contributed by atoms with Crippen molar-refractivity contribution in [2.24, 2.45) is 0 Å². The summed E-state index contributed by atoms with van der Waals surface area (Å²) >= 11 is 1.32. The van der Waals surface area contributed by atoms with E-state index in [1.54, 1.807) is 6.07 Å². The molecule has 0 fully saturated rings. The van der Waals surface area contributed by atoms with Crippen molar-refractivity contribution in [1.29, 1.82) is 0 Å². The third-order valence-corrected chi connectivity index (χ3v) is 3.74. The van der Waals surface area contributed by atoms with Crippen LogP contribution in [0.15, 0.2) is 30.3 Å². The Morgan fingerprint density at radius 1 is 1.37 bits per heavy atom. The molecule has 0 atom stereocenters. The molecule has 0 aliphatic rings. The van der Waals surface area contributed by atoms with E-state index in [2.05, 4.69) is 0 Å². The second-order valence-electron chi connectivity index (χ2n) is 3.85. The first-order valence-electron chi connectivity index (χ1n) is 5.86. The average Bonchev–Trinajstić information content (AvgIpc) is 2.81. The van der Waals surface area contributed by atoms with Crippen LogP contribution in [0.2, 0.25) is 0 Å². The third kappa shape index (κ3) is 2.88. The molecule has 4 nitrogen and oxygen atoms in total. The fourth-order valence-corrected chi connectivity index (χ4v) is 2.70. The topological polar surface area (TPSA) is 61.5 Å². The molecule has 0 radical (unpaired) electrons. The Morgan fingerprint density at radius 3 is 2.84 bits per heavy atom. The van der Waals surface area contributed by atoms with Crippen LogP contribution in [0.4, 0.5) is 5.69 Å². The summed E-state index contributed by atoms with van der Waals surface area (Å²) in [6.07, 6.45) is 0. The lowest BCUT2D eigenvalue weighted by atomic mass is 10.2. The molecular weight excluding hydrogens is 262 g/mol. The molecule has 0 saturated heterocycles. The van der Waals surface area contributed by atoms with Gasteiger partial charge in [-0.1, -0.05) is 12.1 Å². The molecular formula is C14H15NO3S. The molecule has 0 aliphatic carbocycles. The molecule has 100 valence electrons. The smallest absolute Gasteiger partial charge is 0.350 e. The quantitative estimate of drug-likeness (QED) is 0.872. The van der Waals surface area contributed by atoms with E-state index in [0.717, 1.165) is 16.2 Å². The minimum Gasteiger partial charge on any atom is -0.494 e. The van der Waals surface area contributed by atoms with Gasteiger partial charge in [0.25, 0.3) is 0 Å². The van der Waals surface area contributed by atoms with Gasteiger partial charge in [0.2, 0.25) is 0 Å². The van der Waals surface area contributed by atoms with Gasteiger partial charge in [-0.2, -0.15) is 0 Å². The number of carbonyl (C=O) groups excluding carboxylic acids is 1. The molecule has 0 spiro atoms. The van der Waals surface area contributed by atoms with Gasteiger partial charge in [-0.15, -0.1) is 11.3 Å². The van der Waals surface area contributed by atoms with Crippen LogP contribution in [-0.2, 0) is 4.74 Å². The number of rotatable bonds is 4. The lowest BCUT2D eigenvalue weighted by molar-refractivity contribution is 0.0607. The van der Waals surface area contributed by atoms with Gasteiger partial charge in [-0.3, -0.25) is 0 Å². The molecule has 2 aromatic rings. The van der Waals surface area contributed by atoms with E-state index in [1.165, 1.54) is 18.4 Å². The highest BCUT2D eigenvalue weighted by atomic mass is 32.1. The van der Waals surface area contributed by atoms with Gasteiger partial charge in [-0.25, -0.2) is 4.79 Å². The maximum absolute atomic E-state index is 11.5. The molecule has 1 aromatic carbocycles. The number of methoxy groups -OCH3 is 1. The van der Waals surface area contributed by atoms with Crippen molar-refractivity contribution < 1.29 is 14.3 Å². The van der Waals surface area contributed by atoms with Gasteiger partial charge in [0, 0.05) is 4.88 Å². The molecule has 19 heavy (non-hydrogen) atoms. The molecule has 2 rings (SSSR count). The molecule has 5 heteroatoms. The lowest BCUT2D eigenvalue weighted by Gasteiger charge is -2.04. The summed E-state index contributed by atoms with van der Waals surface area (Å²) in [6, 6.07) is 9.46. The first-order valence-corrected chi connectivity index (χ1v) is 6.68. The Bertz CT molecular complexity index is 592. The predicted molar refractivity (Wildman–Crippen MR) is 76.7 cm³/mol. The Kier molecular flexibility index (Phi) is 4.06. The Balaban J connectivity index is 2.36. The highest BCUT2D eigenvalue weighted by Gasteiger charge is 2.15. The van der Waals surface area contributed by atoms with Gasteiger partial charge in [0.15, 0.2) is 0 Å². The number of ether oxygens (including phenoxy) is 2. The summed E-state index contributed by atoms with van der Waals surface area (Å²) < 4.78 is 10.2. The Hall–Kier alpha value is -2.01. The van der Waals surface area contributed by atoms with Crippen LogP contribution < -0.4 is 10.5 Å². The summed E-state index contributed by atoms with van der Waals surface area (Å²) in [5.41, 5.74) is 7.24. The van der Waals surface area contributed by atoms with E-state index in [4.69, 9.17) is 15.2 Å². The van der Waals surface area contributed by atoms with Crippen molar-refractivity contribution >= 4 is 23.0 Å². The van der Waals surface area contributed by atoms with E-state index < -0.39 is 5.97 Å². The summed E-state index contributed by atoms with van der Waals surface area (Å²) in [7, 11) is 1.34. The zero-order valence-corrected chi connectivity index (χ0v) is 11.6. The van der Waals surface area contributed by atoms with Crippen LogP contribution in [0.3, 0.4) is 0 Å². The number of nitrogens with two attached hydrogens (primary N) is 1. The predicted octanol–water partition coefficient (Wildman–Crippen LogP) is 3.18. The van der Waals surface area contributed by atoms with Crippen molar-refractivity contribution in [3.05, 3.63) is 35.2 Å². The summed E-state index contributed by atoms with van der Waals surface area (Å²) in [5.74, 6) is 0.390. The summed E-state index contributed by atoms with van der Waals surface area (Å²) in [5, 5.41) is 0. The average molecular weight is 277 g/mol. The van der Waals surface area contributed by atoms with E-state index in [-0.39, 0.29) is 0 Å². The van der Waals surface area contributed by atoms with Crippen LogP contribution in [0.25, 0.3) is 10.4 Å². The molecule has 2 N–H and O–H groups in total. The van der Waals surface area contributed by atoms with Crippen molar-refractivity contribution in [3.63, 3.8) is 0 Å². The minimum atomic E-state index is -0.408. The number of benzene rings is 1. The SMILES string of the molecule is CCOc1cccc(-c2cc(N)c(C(=O)OC)s2)c1. The van der Waals surface area contributed by atoms with Crippen LogP contribution >= 0.6 is 11.3 Å². The Labute approximate surface area is 115 Å². The molecule has 0 amide bonds. The van der Waals surface area contributed by atoms with Crippen molar-refractivity contribution in [1.82, 2.24) is 0 Å². The number of hydrogen-bond donors (Lipinski definition) is 1. The van der Waals surface area contributed by atoms with Crippen molar-refractivity contribution in [2.75, 3.05) is 19.5 Å². The van der Waals surface area contributed by atoms with Crippen LogP contribution in [-0.4, -0.2) is 19.7 Å². The summed E-state index contributed by atoms with van der Waals surface area (Å²) in [4.78, 5) is 12.9. The maximum atomic E-state index is 11.5. The van der Waals surface area contributed by atoms with Crippen molar-refractivity contribution in [2.45, 2.75) is 6.92 Å². The van der Waals surface area contributed by atoms with Gasteiger partial charge in [0.1, 0.15) is 10.6 Å². The zero-order valence-electron chi connectivity index (χ0n) is 10.8. The van der Waals surface area contributed by atoms with E-state index in [9.17, 15) is 4.79 Å². The van der Waals surface area contributed by atoms with E-state index >= 15 is 0 Å². The van der Waals surface area contributed by atoms with Gasteiger partial charge >= 0.3 is 5.97 Å². The van der Waals surface area contributed by atoms with E-state index in [1.807, 2.05) is 31.2 Å². The normalized spacial score (nSPS) is 10.2. The molecule has 0 unspecified atom stereocenters. The highest BCUT2D eigenvalue weighted by molar-refractivity contribution is 7.18. The first-order chi connectivity index (χ1) is 9.15. The molecule has 1 heterocycles. The van der Waals surface area contributed by atoms with E-state index in [0.29, 0.717) is 17.2 Å². The Morgan fingerprint density at radius 2 is 2.16 bits per heavy atom. The van der Waals surface area contributed by atoms with Crippen molar-refractivity contribution in [3.8, 4) is 16.2 Å². The molecule has 0 bridgehead atoms. The number of hydrogen-bond acceptors (Lipinski definition) is 5. The zero-order chi connectivity index (χ0) is 13.8.